The number of nitrogens with zero attached hydrogens (tertiary/aromatic N) is 2. The third-order valence-electron chi connectivity index (χ3n) is 5.07. The molecule has 7 heteroatoms. The van der Waals surface area contributed by atoms with Crippen molar-refractivity contribution in [3.8, 4) is 0 Å². The molecular weight excluding hydrogens is 390 g/mol. The minimum absolute atomic E-state index is 0.0728. The van der Waals surface area contributed by atoms with Crippen LogP contribution in [0.25, 0.3) is 10.2 Å². The van der Waals surface area contributed by atoms with Crippen molar-refractivity contribution >= 4 is 45.1 Å². The van der Waals surface area contributed by atoms with Gasteiger partial charge in [0.15, 0.2) is 4.34 Å². The first-order valence-electron chi connectivity index (χ1n) is 10.2. The molecule has 0 spiro atoms. The molecule has 3 rings (SSSR count). The van der Waals surface area contributed by atoms with Gasteiger partial charge in [-0.2, -0.15) is 0 Å². The number of rotatable bonds is 9. The highest BCUT2D eigenvalue weighted by atomic mass is 32.2. The highest BCUT2D eigenvalue weighted by Crippen LogP contribution is 2.29. The molecule has 0 saturated carbocycles. The molecule has 1 aliphatic heterocycles. The van der Waals surface area contributed by atoms with Gasteiger partial charge < -0.3 is 10.2 Å². The molecule has 0 bridgehead atoms. The summed E-state index contributed by atoms with van der Waals surface area (Å²) in [5.41, 5.74) is 0.982. The molecule has 28 heavy (non-hydrogen) atoms. The van der Waals surface area contributed by atoms with Gasteiger partial charge in [0.05, 0.1) is 21.9 Å². The second kappa shape index (κ2) is 10.8. The summed E-state index contributed by atoms with van der Waals surface area (Å²) in [5.74, 6) is 0.513. The number of para-hydroxylation sites is 1. The lowest BCUT2D eigenvalue weighted by Gasteiger charge is -2.32. The Bertz CT molecular complexity index is 760. The van der Waals surface area contributed by atoms with Crippen LogP contribution in [0.2, 0.25) is 0 Å². The predicted octanol–water partition coefficient (Wildman–Crippen LogP) is 4.32. The van der Waals surface area contributed by atoms with E-state index in [-0.39, 0.29) is 17.7 Å². The van der Waals surface area contributed by atoms with Crippen molar-refractivity contribution in [3.63, 3.8) is 0 Å². The predicted molar refractivity (Wildman–Crippen MR) is 117 cm³/mol. The van der Waals surface area contributed by atoms with E-state index in [0.29, 0.717) is 12.3 Å². The number of thioether (sulfide) groups is 1. The maximum atomic E-state index is 12.6. The van der Waals surface area contributed by atoms with Gasteiger partial charge >= 0.3 is 0 Å². The number of hydrogen-bond acceptors (Lipinski definition) is 5. The molecule has 1 aliphatic rings. The number of unbranched alkanes of at least 4 members (excludes halogenated alkanes) is 3. The number of benzene rings is 1. The molecular formula is C21H29N3O2S2. The van der Waals surface area contributed by atoms with Crippen LogP contribution in [-0.4, -0.2) is 47.1 Å². The summed E-state index contributed by atoms with van der Waals surface area (Å²) in [6, 6.07) is 8.02. The van der Waals surface area contributed by atoms with Crippen LogP contribution in [0.4, 0.5) is 0 Å². The number of aromatic nitrogens is 1. The van der Waals surface area contributed by atoms with Crippen LogP contribution >= 0.6 is 23.1 Å². The van der Waals surface area contributed by atoms with E-state index in [0.717, 1.165) is 53.3 Å². The molecule has 1 fully saturated rings. The van der Waals surface area contributed by atoms with Gasteiger partial charge in [0.1, 0.15) is 0 Å². The van der Waals surface area contributed by atoms with Gasteiger partial charge in [-0.25, -0.2) is 4.98 Å². The topological polar surface area (TPSA) is 62.3 Å². The average molecular weight is 420 g/mol. The summed E-state index contributed by atoms with van der Waals surface area (Å²) < 4.78 is 2.07. The van der Waals surface area contributed by atoms with Crippen LogP contribution in [0.5, 0.6) is 0 Å². The van der Waals surface area contributed by atoms with Crippen molar-refractivity contribution in [1.29, 1.82) is 0 Å². The lowest BCUT2D eigenvalue weighted by Crippen LogP contribution is -2.46. The van der Waals surface area contributed by atoms with Crippen molar-refractivity contribution < 1.29 is 9.59 Å². The van der Waals surface area contributed by atoms with E-state index < -0.39 is 0 Å². The van der Waals surface area contributed by atoms with E-state index in [9.17, 15) is 9.59 Å². The summed E-state index contributed by atoms with van der Waals surface area (Å²) in [5, 5.41) is 3.05. The van der Waals surface area contributed by atoms with Crippen molar-refractivity contribution in [2.24, 2.45) is 5.92 Å². The lowest BCUT2D eigenvalue weighted by atomic mass is 9.97. The van der Waals surface area contributed by atoms with Crippen LogP contribution < -0.4 is 5.32 Å². The Morgan fingerprint density at radius 1 is 1.29 bits per heavy atom. The van der Waals surface area contributed by atoms with Gasteiger partial charge in [-0.15, -0.1) is 11.3 Å². The van der Waals surface area contributed by atoms with Gasteiger partial charge in [-0.1, -0.05) is 50.1 Å². The maximum Gasteiger partial charge on any atom is 0.233 e. The molecule has 1 N–H and O–H groups in total. The first kappa shape index (κ1) is 21.1. The van der Waals surface area contributed by atoms with E-state index in [1.807, 2.05) is 23.1 Å². The minimum Gasteiger partial charge on any atom is -0.356 e. The summed E-state index contributed by atoms with van der Waals surface area (Å²) in [7, 11) is 0. The molecule has 1 saturated heterocycles. The molecule has 0 radical (unpaired) electrons. The SMILES string of the molecule is CCCCCCNC(=O)C1CCCN(C(=O)CSc2nc3ccccc3s2)C1. The summed E-state index contributed by atoms with van der Waals surface area (Å²) in [4.78, 5) is 31.5. The first-order valence-corrected chi connectivity index (χ1v) is 12.0. The molecule has 1 atom stereocenters. The maximum absolute atomic E-state index is 12.6. The highest BCUT2D eigenvalue weighted by Gasteiger charge is 2.28. The number of amides is 2. The summed E-state index contributed by atoms with van der Waals surface area (Å²) in [6.07, 6.45) is 6.38. The fourth-order valence-electron chi connectivity index (χ4n) is 3.45. The van der Waals surface area contributed by atoms with Gasteiger partial charge in [0.25, 0.3) is 0 Å². The van der Waals surface area contributed by atoms with Crippen LogP contribution in [0.1, 0.15) is 45.4 Å². The molecule has 1 aromatic carbocycles. The first-order chi connectivity index (χ1) is 13.7. The smallest absolute Gasteiger partial charge is 0.233 e. The Morgan fingerprint density at radius 2 is 2.14 bits per heavy atom. The third kappa shape index (κ3) is 5.95. The van der Waals surface area contributed by atoms with E-state index in [1.54, 1.807) is 11.3 Å². The zero-order valence-corrected chi connectivity index (χ0v) is 18.1. The Balaban J connectivity index is 1.43. The van der Waals surface area contributed by atoms with E-state index in [2.05, 4.69) is 23.3 Å². The number of fused-ring (bicyclic) bond motifs is 1. The largest absolute Gasteiger partial charge is 0.356 e. The Kier molecular flexibility index (Phi) is 8.15. The number of nitrogens with one attached hydrogen (secondary N) is 1. The van der Waals surface area contributed by atoms with E-state index >= 15 is 0 Å². The molecule has 2 heterocycles. The molecule has 2 aromatic rings. The average Bonchev–Trinajstić information content (AvgIpc) is 3.15. The van der Waals surface area contributed by atoms with Gasteiger partial charge in [-0.05, 0) is 31.4 Å². The highest BCUT2D eigenvalue weighted by molar-refractivity contribution is 8.01. The molecule has 152 valence electrons. The molecule has 0 aliphatic carbocycles. The normalized spacial score (nSPS) is 17.0. The number of thiazole rings is 1. The number of hydrogen-bond donors (Lipinski definition) is 1. The van der Waals surface area contributed by atoms with Crippen LogP contribution in [-0.2, 0) is 9.59 Å². The number of carbonyl (C=O) groups is 2. The Hall–Kier alpha value is -1.60. The minimum atomic E-state index is -0.0728. The monoisotopic (exact) mass is 419 g/mol. The lowest BCUT2D eigenvalue weighted by molar-refractivity contribution is -0.133. The standard InChI is InChI=1S/C21H29N3O2S2/c1-2-3-4-7-12-22-20(26)16-9-8-13-24(14-16)19(25)15-27-21-23-17-10-5-6-11-18(17)28-21/h5-6,10-11,16H,2-4,7-9,12-15H2,1H3,(H,22,26). The van der Waals surface area contributed by atoms with Gasteiger partial charge in [0, 0.05) is 19.6 Å². The molecule has 1 aromatic heterocycles. The Labute approximate surface area is 175 Å². The summed E-state index contributed by atoms with van der Waals surface area (Å²) in [6.45, 7) is 4.22. The second-order valence-electron chi connectivity index (χ2n) is 7.27. The molecule has 1 unspecified atom stereocenters. The van der Waals surface area contributed by atoms with Gasteiger partial charge in [-0.3, -0.25) is 9.59 Å². The van der Waals surface area contributed by atoms with Crippen molar-refractivity contribution in [2.75, 3.05) is 25.4 Å². The second-order valence-corrected chi connectivity index (χ2v) is 9.52. The van der Waals surface area contributed by atoms with E-state index in [4.69, 9.17) is 0 Å². The van der Waals surface area contributed by atoms with Crippen LogP contribution in [0.3, 0.4) is 0 Å². The number of piperidine rings is 1. The fraction of sp³-hybridized carbons (Fsp3) is 0.571. The molecule has 5 nitrogen and oxygen atoms in total. The number of carbonyl (C=O) groups excluding carboxylic acids is 2. The number of likely N-dealkylation sites (tertiary alicyclic amines) is 1. The molecule has 2 amide bonds. The zero-order valence-electron chi connectivity index (χ0n) is 16.5. The van der Waals surface area contributed by atoms with Crippen molar-refractivity contribution in [2.45, 2.75) is 49.8 Å². The van der Waals surface area contributed by atoms with Crippen LogP contribution in [0.15, 0.2) is 28.6 Å². The van der Waals surface area contributed by atoms with E-state index in [1.165, 1.54) is 24.6 Å². The van der Waals surface area contributed by atoms with Crippen molar-refractivity contribution in [1.82, 2.24) is 15.2 Å². The Morgan fingerprint density at radius 3 is 2.96 bits per heavy atom. The fourth-order valence-corrected chi connectivity index (χ4v) is 5.42. The van der Waals surface area contributed by atoms with Crippen molar-refractivity contribution in [3.05, 3.63) is 24.3 Å². The van der Waals surface area contributed by atoms with Crippen LogP contribution in [0, 0.1) is 5.92 Å². The zero-order chi connectivity index (χ0) is 19.8. The quantitative estimate of drug-likeness (QED) is 0.486. The van der Waals surface area contributed by atoms with Gasteiger partial charge in [0.2, 0.25) is 11.8 Å². The third-order valence-corrected chi connectivity index (χ3v) is 7.23. The summed E-state index contributed by atoms with van der Waals surface area (Å²) >= 11 is 3.12.